The average molecular weight is 204 g/mol. The number of hydrogen-bond donors (Lipinski definition) is 1. The number of Topliss-reactive ketones (excluding diaryl/α,β-unsaturated/α-hetero) is 1. The molecule has 0 aliphatic rings. The lowest BCUT2D eigenvalue weighted by molar-refractivity contribution is -0.136. The highest BCUT2D eigenvalue weighted by atomic mass is 16.4. The van der Waals surface area contributed by atoms with Crippen molar-refractivity contribution in [3.05, 3.63) is 29.1 Å². The van der Waals surface area contributed by atoms with Crippen molar-refractivity contribution in [2.75, 3.05) is 0 Å². The number of carbonyl (C=O) groups is 2. The first kappa shape index (κ1) is 10.9. The number of carbonyl (C=O) groups excluding carboxylic acids is 1. The Morgan fingerprint density at radius 1 is 1.53 bits per heavy atom. The second-order valence-corrected chi connectivity index (χ2v) is 2.98. The minimum absolute atomic E-state index is 0.0546. The van der Waals surface area contributed by atoms with Crippen molar-refractivity contribution >= 4 is 11.8 Å². The molecule has 76 valence electrons. The number of aliphatic carboxylic acids is 1. The van der Waals surface area contributed by atoms with E-state index in [1.807, 2.05) is 0 Å². The molecule has 0 fully saturated rings. The first-order chi connectivity index (χ1) is 7.02. The van der Waals surface area contributed by atoms with Crippen molar-refractivity contribution in [1.82, 2.24) is 4.98 Å². The van der Waals surface area contributed by atoms with Gasteiger partial charge in [0, 0.05) is 6.92 Å². The second-order valence-electron chi connectivity index (χ2n) is 2.98. The maximum absolute atomic E-state index is 11.0. The second kappa shape index (κ2) is 4.33. The summed E-state index contributed by atoms with van der Waals surface area (Å²) in [5, 5.41) is 17.2. The van der Waals surface area contributed by atoms with Crippen molar-refractivity contribution in [2.45, 2.75) is 13.3 Å². The summed E-state index contributed by atoms with van der Waals surface area (Å²) in [7, 11) is 0. The lowest BCUT2D eigenvalue weighted by Crippen LogP contribution is -2.05. The van der Waals surface area contributed by atoms with E-state index in [1.54, 1.807) is 6.07 Å². The molecule has 15 heavy (non-hydrogen) atoms. The molecule has 0 radical (unpaired) electrons. The fraction of sp³-hybridized carbons (Fsp3) is 0.200. The Kier molecular flexibility index (Phi) is 3.13. The summed E-state index contributed by atoms with van der Waals surface area (Å²) in [6.07, 6.45) is -0.225. The lowest BCUT2D eigenvalue weighted by atomic mass is 10.1. The average Bonchev–Trinajstić information content (AvgIpc) is 2.16. The van der Waals surface area contributed by atoms with Crippen molar-refractivity contribution in [1.29, 1.82) is 5.26 Å². The van der Waals surface area contributed by atoms with Gasteiger partial charge in [0.15, 0.2) is 5.78 Å². The SMILES string of the molecule is CC(=O)c1cc(CC(=O)O)cc(C#N)n1. The molecule has 0 saturated carbocycles. The number of carboxylic acid groups (broad SMARTS) is 1. The molecule has 0 amide bonds. The Hall–Kier alpha value is -2.22. The van der Waals surface area contributed by atoms with Gasteiger partial charge in [-0.25, -0.2) is 4.98 Å². The quantitative estimate of drug-likeness (QED) is 0.734. The van der Waals surface area contributed by atoms with Crippen molar-refractivity contribution < 1.29 is 14.7 Å². The normalized spacial score (nSPS) is 9.33. The van der Waals surface area contributed by atoms with Crippen molar-refractivity contribution in [3.63, 3.8) is 0 Å². The number of nitrogens with zero attached hydrogens (tertiary/aromatic N) is 2. The third-order valence-corrected chi connectivity index (χ3v) is 1.72. The lowest BCUT2D eigenvalue weighted by Gasteiger charge is -2.00. The number of nitriles is 1. The standard InChI is InChI=1S/C10H8N2O3/c1-6(13)9-3-7(4-10(14)15)2-8(5-11)12-9/h2-3H,4H2,1H3,(H,14,15). The predicted molar refractivity (Wildman–Crippen MR) is 50.3 cm³/mol. The Morgan fingerprint density at radius 3 is 2.67 bits per heavy atom. The molecule has 5 heteroatoms. The third-order valence-electron chi connectivity index (χ3n) is 1.72. The smallest absolute Gasteiger partial charge is 0.307 e. The number of ketones is 1. The molecule has 1 aromatic rings. The first-order valence-electron chi connectivity index (χ1n) is 4.16. The van der Waals surface area contributed by atoms with E-state index in [0.717, 1.165) is 0 Å². The highest BCUT2D eigenvalue weighted by Crippen LogP contribution is 2.07. The molecular formula is C10H8N2O3. The van der Waals surface area contributed by atoms with Crippen LogP contribution in [0.3, 0.4) is 0 Å². The number of aromatic nitrogens is 1. The van der Waals surface area contributed by atoms with E-state index in [0.29, 0.717) is 5.56 Å². The van der Waals surface area contributed by atoms with Gasteiger partial charge in [-0.15, -0.1) is 0 Å². The molecule has 0 atom stereocenters. The van der Waals surface area contributed by atoms with E-state index in [1.165, 1.54) is 19.1 Å². The van der Waals surface area contributed by atoms with Gasteiger partial charge in [-0.3, -0.25) is 9.59 Å². The first-order valence-corrected chi connectivity index (χ1v) is 4.16. The van der Waals surface area contributed by atoms with Crippen LogP contribution >= 0.6 is 0 Å². The molecule has 0 aliphatic heterocycles. The molecule has 0 spiro atoms. The van der Waals surface area contributed by atoms with Gasteiger partial charge in [0.25, 0.3) is 0 Å². The third kappa shape index (κ3) is 2.88. The molecular weight excluding hydrogens is 196 g/mol. The van der Waals surface area contributed by atoms with Gasteiger partial charge in [-0.05, 0) is 17.7 Å². The van der Waals surface area contributed by atoms with E-state index in [9.17, 15) is 9.59 Å². The van der Waals surface area contributed by atoms with Crippen LogP contribution in [0.2, 0.25) is 0 Å². The molecule has 1 aromatic heterocycles. The summed E-state index contributed by atoms with van der Waals surface area (Å²) in [5.41, 5.74) is 0.573. The Morgan fingerprint density at radius 2 is 2.20 bits per heavy atom. The van der Waals surface area contributed by atoms with E-state index in [-0.39, 0.29) is 23.6 Å². The summed E-state index contributed by atoms with van der Waals surface area (Å²) < 4.78 is 0. The molecule has 1 N–H and O–H groups in total. The summed E-state index contributed by atoms with van der Waals surface area (Å²) in [6.45, 7) is 1.31. The van der Waals surface area contributed by atoms with Crippen LogP contribution in [0.5, 0.6) is 0 Å². The number of hydrogen-bond acceptors (Lipinski definition) is 4. The molecule has 0 bridgehead atoms. The highest BCUT2D eigenvalue weighted by molar-refractivity contribution is 5.92. The van der Waals surface area contributed by atoms with Crippen LogP contribution in [0.15, 0.2) is 12.1 Å². The zero-order valence-corrected chi connectivity index (χ0v) is 8.02. The minimum Gasteiger partial charge on any atom is -0.481 e. The summed E-state index contributed by atoms with van der Waals surface area (Å²) >= 11 is 0. The van der Waals surface area contributed by atoms with Crippen molar-refractivity contribution in [3.8, 4) is 6.07 Å². The van der Waals surface area contributed by atoms with Crippen LogP contribution in [0.1, 0.15) is 28.7 Å². The van der Waals surface area contributed by atoms with Gasteiger partial charge in [0.1, 0.15) is 17.5 Å². The molecule has 1 rings (SSSR count). The Balaban J connectivity index is 3.18. The zero-order valence-electron chi connectivity index (χ0n) is 8.02. The van der Waals surface area contributed by atoms with Gasteiger partial charge >= 0.3 is 5.97 Å². The Bertz CT molecular complexity index is 460. The summed E-state index contributed by atoms with van der Waals surface area (Å²) in [4.78, 5) is 25.2. The fourth-order valence-corrected chi connectivity index (χ4v) is 1.10. The van der Waals surface area contributed by atoms with Crippen LogP contribution in [0.4, 0.5) is 0 Å². The largest absolute Gasteiger partial charge is 0.481 e. The van der Waals surface area contributed by atoms with Crippen LogP contribution in [0.25, 0.3) is 0 Å². The fourth-order valence-electron chi connectivity index (χ4n) is 1.10. The predicted octanol–water partition coefficient (Wildman–Crippen LogP) is 0.783. The van der Waals surface area contributed by atoms with Gasteiger partial charge in [0.2, 0.25) is 0 Å². The van der Waals surface area contributed by atoms with E-state index >= 15 is 0 Å². The van der Waals surface area contributed by atoms with Gasteiger partial charge in [-0.2, -0.15) is 5.26 Å². The van der Waals surface area contributed by atoms with Crippen LogP contribution in [-0.4, -0.2) is 21.8 Å². The molecule has 0 aliphatic carbocycles. The monoisotopic (exact) mass is 204 g/mol. The van der Waals surface area contributed by atoms with E-state index < -0.39 is 5.97 Å². The highest BCUT2D eigenvalue weighted by Gasteiger charge is 2.08. The van der Waals surface area contributed by atoms with Gasteiger partial charge in [0.05, 0.1) is 6.42 Å². The van der Waals surface area contributed by atoms with E-state index in [2.05, 4.69) is 4.98 Å². The number of carboxylic acids is 1. The zero-order chi connectivity index (χ0) is 11.4. The van der Waals surface area contributed by atoms with Crippen LogP contribution in [-0.2, 0) is 11.2 Å². The summed E-state index contributed by atoms with van der Waals surface area (Å²) in [5.74, 6) is -1.31. The molecule has 0 unspecified atom stereocenters. The number of rotatable bonds is 3. The molecule has 5 nitrogen and oxygen atoms in total. The van der Waals surface area contributed by atoms with Gasteiger partial charge in [-0.1, -0.05) is 0 Å². The van der Waals surface area contributed by atoms with Crippen molar-refractivity contribution in [2.24, 2.45) is 0 Å². The molecule has 0 saturated heterocycles. The minimum atomic E-state index is -1.01. The summed E-state index contributed by atoms with van der Waals surface area (Å²) in [6, 6.07) is 4.53. The maximum atomic E-state index is 11.0. The number of pyridine rings is 1. The van der Waals surface area contributed by atoms with Crippen LogP contribution in [0, 0.1) is 11.3 Å². The van der Waals surface area contributed by atoms with E-state index in [4.69, 9.17) is 10.4 Å². The van der Waals surface area contributed by atoms with Gasteiger partial charge < -0.3 is 5.11 Å². The Labute approximate surface area is 86.0 Å². The topological polar surface area (TPSA) is 91.0 Å². The molecule has 0 aromatic carbocycles. The van der Waals surface area contributed by atoms with Crippen LogP contribution < -0.4 is 0 Å². The maximum Gasteiger partial charge on any atom is 0.307 e. The molecule has 1 heterocycles.